The first kappa shape index (κ1) is 10.3. The Morgan fingerprint density at radius 3 is 2.88 bits per heavy atom. The zero-order chi connectivity index (χ0) is 11.8. The number of esters is 1. The van der Waals surface area contributed by atoms with Gasteiger partial charge in [0.15, 0.2) is 5.75 Å². The average molecular weight is 227 g/mol. The minimum Gasteiger partial charge on any atom is -0.424 e. The van der Waals surface area contributed by atoms with E-state index in [4.69, 9.17) is 4.74 Å². The number of pyridine rings is 1. The number of fused-ring (bicyclic) bond motifs is 1. The van der Waals surface area contributed by atoms with Gasteiger partial charge in [0.1, 0.15) is 5.52 Å². The first-order valence-corrected chi connectivity index (χ1v) is 5.82. The zero-order valence-electron chi connectivity index (χ0n) is 9.64. The Bertz CT molecular complexity index is 588. The average Bonchev–Trinajstić information content (AvgIpc) is 3.13. The molecule has 2 aromatic rings. The van der Waals surface area contributed by atoms with Crippen LogP contribution in [-0.2, 0) is 4.79 Å². The molecule has 1 heterocycles. The van der Waals surface area contributed by atoms with E-state index in [0.717, 1.165) is 29.4 Å². The number of rotatable bonds is 2. The lowest BCUT2D eigenvalue weighted by Crippen LogP contribution is -2.10. The largest absolute Gasteiger partial charge is 0.424 e. The molecule has 0 atom stereocenters. The number of aryl methyl sites for hydroxylation is 1. The molecule has 17 heavy (non-hydrogen) atoms. The maximum Gasteiger partial charge on any atom is 0.314 e. The molecule has 0 aliphatic heterocycles. The van der Waals surface area contributed by atoms with Crippen LogP contribution in [0.5, 0.6) is 5.75 Å². The quantitative estimate of drug-likeness (QED) is 0.585. The molecule has 1 aliphatic rings. The molecule has 0 saturated heterocycles. The van der Waals surface area contributed by atoms with Gasteiger partial charge in [-0.15, -0.1) is 0 Å². The van der Waals surface area contributed by atoms with Gasteiger partial charge in [0.05, 0.1) is 5.92 Å². The highest BCUT2D eigenvalue weighted by Crippen LogP contribution is 2.32. The van der Waals surface area contributed by atoms with Crippen molar-refractivity contribution in [1.82, 2.24) is 4.98 Å². The standard InChI is InChI=1S/C14H13NO2/c1-9-5-6-10-3-2-4-12(13(10)15-9)17-14(16)11-7-8-11/h2-6,11H,7-8H2,1H3. The number of benzene rings is 1. The maximum atomic E-state index is 11.7. The highest BCUT2D eigenvalue weighted by atomic mass is 16.5. The summed E-state index contributed by atoms with van der Waals surface area (Å²) in [5.74, 6) is 0.555. The van der Waals surface area contributed by atoms with E-state index in [2.05, 4.69) is 4.98 Å². The second kappa shape index (κ2) is 3.84. The van der Waals surface area contributed by atoms with E-state index in [0.29, 0.717) is 5.75 Å². The SMILES string of the molecule is Cc1ccc2cccc(OC(=O)C3CC3)c2n1. The molecule has 0 unspecified atom stereocenters. The van der Waals surface area contributed by atoms with Crippen molar-refractivity contribution in [3.05, 3.63) is 36.0 Å². The predicted molar refractivity (Wildman–Crippen MR) is 64.8 cm³/mol. The molecule has 3 nitrogen and oxygen atoms in total. The van der Waals surface area contributed by atoms with Crippen LogP contribution in [0.4, 0.5) is 0 Å². The molecule has 1 aromatic carbocycles. The van der Waals surface area contributed by atoms with Crippen LogP contribution >= 0.6 is 0 Å². The molecule has 3 heteroatoms. The van der Waals surface area contributed by atoms with Crippen LogP contribution < -0.4 is 4.74 Å². The van der Waals surface area contributed by atoms with Crippen molar-refractivity contribution in [2.24, 2.45) is 5.92 Å². The molecule has 1 aliphatic carbocycles. The van der Waals surface area contributed by atoms with Crippen LogP contribution in [0.15, 0.2) is 30.3 Å². The molecular weight excluding hydrogens is 214 g/mol. The van der Waals surface area contributed by atoms with Gasteiger partial charge in [-0.2, -0.15) is 0 Å². The van der Waals surface area contributed by atoms with E-state index in [1.807, 2.05) is 31.2 Å². The van der Waals surface area contributed by atoms with Gasteiger partial charge in [0.2, 0.25) is 0 Å². The summed E-state index contributed by atoms with van der Waals surface area (Å²) < 4.78 is 5.41. The van der Waals surface area contributed by atoms with Gasteiger partial charge >= 0.3 is 5.97 Å². The first-order chi connectivity index (χ1) is 8.24. The summed E-state index contributed by atoms with van der Waals surface area (Å²) in [5.41, 5.74) is 1.69. The van der Waals surface area contributed by atoms with Crippen LogP contribution in [0.3, 0.4) is 0 Å². The Labute approximate surface area is 99.4 Å². The number of ether oxygens (including phenoxy) is 1. The summed E-state index contributed by atoms with van der Waals surface area (Å²) in [4.78, 5) is 16.1. The van der Waals surface area contributed by atoms with E-state index >= 15 is 0 Å². The molecule has 0 bridgehead atoms. The first-order valence-electron chi connectivity index (χ1n) is 5.82. The molecule has 0 spiro atoms. The molecule has 0 amide bonds. The Kier molecular flexibility index (Phi) is 2.32. The van der Waals surface area contributed by atoms with Crippen molar-refractivity contribution in [3.63, 3.8) is 0 Å². The lowest BCUT2D eigenvalue weighted by molar-refractivity contribution is -0.135. The van der Waals surface area contributed by atoms with Crippen LogP contribution in [0.2, 0.25) is 0 Å². The van der Waals surface area contributed by atoms with Gasteiger partial charge in [-0.1, -0.05) is 18.2 Å². The zero-order valence-corrected chi connectivity index (χ0v) is 9.64. The van der Waals surface area contributed by atoms with Gasteiger partial charge in [-0.25, -0.2) is 4.98 Å². The fourth-order valence-electron chi connectivity index (χ4n) is 1.81. The van der Waals surface area contributed by atoms with E-state index < -0.39 is 0 Å². The number of carbonyl (C=O) groups excluding carboxylic acids is 1. The van der Waals surface area contributed by atoms with Gasteiger partial charge in [-0.05, 0) is 31.9 Å². The predicted octanol–water partition coefficient (Wildman–Crippen LogP) is 2.86. The monoisotopic (exact) mass is 227 g/mol. The summed E-state index contributed by atoms with van der Waals surface area (Å²) >= 11 is 0. The second-order valence-electron chi connectivity index (χ2n) is 4.48. The van der Waals surface area contributed by atoms with Crippen molar-refractivity contribution < 1.29 is 9.53 Å². The normalized spacial score (nSPS) is 14.9. The fraction of sp³-hybridized carbons (Fsp3) is 0.286. The molecule has 1 saturated carbocycles. The molecule has 0 radical (unpaired) electrons. The number of hydrogen-bond acceptors (Lipinski definition) is 3. The number of carbonyl (C=O) groups is 1. The number of aromatic nitrogens is 1. The lowest BCUT2D eigenvalue weighted by Gasteiger charge is -2.06. The van der Waals surface area contributed by atoms with E-state index in [1.54, 1.807) is 6.07 Å². The third-order valence-electron chi connectivity index (χ3n) is 2.94. The Morgan fingerprint density at radius 1 is 1.29 bits per heavy atom. The highest BCUT2D eigenvalue weighted by Gasteiger charge is 2.31. The Morgan fingerprint density at radius 2 is 2.12 bits per heavy atom. The Balaban J connectivity index is 2.02. The summed E-state index contributed by atoms with van der Waals surface area (Å²) in [6.07, 6.45) is 1.91. The van der Waals surface area contributed by atoms with Gasteiger partial charge in [0, 0.05) is 11.1 Å². The summed E-state index contributed by atoms with van der Waals surface area (Å²) in [7, 11) is 0. The maximum absolute atomic E-state index is 11.7. The van der Waals surface area contributed by atoms with E-state index in [9.17, 15) is 4.79 Å². The molecule has 86 valence electrons. The molecule has 1 fully saturated rings. The number of para-hydroxylation sites is 1. The van der Waals surface area contributed by atoms with Crippen LogP contribution in [0.1, 0.15) is 18.5 Å². The third-order valence-corrected chi connectivity index (χ3v) is 2.94. The van der Waals surface area contributed by atoms with Crippen LogP contribution in [0.25, 0.3) is 10.9 Å². The van der Waals surface area contributed by atoms with Gasteiger partial charge < -0.3 is 4.74 Å². The number of nitrogens with zero attached hydrogens (tertiary/aromatic N) is 1. The summed E-state index contributed by atoms with van der Waals surface area (Å²) in [5, 5.41) is 0.997. The van der Waals surface area contributed by atoms with Crippen molar-refractivity contribution in [2.75, 3.05) is 0 Å². The molecule has 1 aromatic heterocycles. The number of hydrogen-bond donors (Lipinski definition) is 0. The topological polar surface area (TPSA) is 39.2 Å². The Hall–Kier alpha value is -1.90. The smallest absolute Gasteiger partial charge is 0.314 e. The minimum atomic E-state index is -0.124. The van der Waals surface area contributed by atoms with Gasteiger partial charge in [0.25, 0.3) is 0 Å². The summed E-state index contributed by atoms with van der Waals surface area (Å²) in [6, 6.07) is 9.60. The van der Waals surface area contributed by atoms with Crippen molar-refractivity contribution in [2.45, 2.75) is 19.8 Å². The third kappa shape index (κ3) is 2.00. The van der Waals surface area contributed by atoms with E-state index in [-0.39, 0.29) is 11.9 Å². The van der Waals surface area contributed by atoms with Crippen molar-refractivity contribution in [3.8, 4) is 5.75 Å². The molecule has 0 N–H and O–H groups in total. The minimum absolute atomic E-state index is 0.107. The molecule has 3 rings (SSSR count). The van der Waals surface area contributed by atoms with Crippen molar-refractivity contribution >= 4 is 16.9 Å². The van der Waals surface area contributed by atoms with E-state index in [1.165, 1.54) is 0 Å². The van der Waals surface area contributed by atoms with Gasteiger partial charge in [-0.3, -0.25) is 4.79 Å². The highest BCUT2D eigenvalue weighted by molar-refractivity contribution is 5.88. The van der Waals surface area contributed by atoms with Crippen molar-refractivity contribution in [1.29, 1.82) is 0 Å². The second-order valence-corrected chi connectivity index (χ2v) is 4.48. The van der Waals surface area contributed by atoms with Crippen LogP contribution in [0, 0.1) is 12.8 Å². The van der Waals surface area contributed by atoms with Crippen LogP contribution in [-0.4, -0.2) is 11.0 Å². The lowest BCUT2D eigenvalue weighted by atomic mass is 10.2. The molecular formula is C14H13NO2. The fourth-order valence-corrected chi connectivity index (χ4v) is 1.81. The summed E-state index contributed by atoms with van der Waals surface area (Å²) in [6.45, 7) is 1.93.